The summed E-state index contributed by atoms with van der Waals surface area (Å²) < 4.78 is 6.17. The van der Waals surface area contributed by atoms with Crippen LogP contribution in [0.4, 0.5) is 0 Å². The summed E-state index contributed by atoms with van der Waals surface area (Å²) in [4.78, 5) is 0. The molecule has 0 radical (unpaired) electrons. The molecule has 0 spiro atoms. The first-order chi connectivity index (χ1) is 9.22. The Morgan fingerprint density at radius 3 is 2.63 bits per heavy atom. The molecule has 3 heteroatoms. The second-order valence-corrected chi connectivity index (χ2v) is 5.61. The molecule has 0 aliphatic heterocycles. The zero-order valence-corrected chi connectivity index (χ0v) is 11.9. The lowest BCUT2D eigenvalue weighted by Gasteiger charge is -2.12. The summed E-state index contributed by atoms with van der Waals surface area (Å²) in [6, 6.07) is 14.6. The van der Waals surface area contributed by atoms with Crippen LogP contribution in [-0.4, -0.2) is 0 Å². The molecule has 19 heavy (non-hydrogen) atoms. The monoisotopic (exact) mass is 315 g/mol. The van der Waals surface area contributed by atoms with E-state index in [2.05, 4.69) is 46.3 Å². The number of furan rings is 1. The van der Waals surface area contributed by atoms with E-state index in [4.69, 9.17) is 10.2 Å². The molecule has 0 aliphatic rings. The van der Waals surface area contributed by atoms with Gasteiger partial charge in [-0.2, -0.15) is 0 Å². The minimum absolute atomic E-state index is 0.00866. The van der Waals surface area contributed by atoms with Gasteiger partial charge in [-0.1, -0.05) is 34.1 Å². The van der Waals surface area contributed by atoms with Crippen molar-refractivity contribution in [3.05, 3.63) is 70.6 Å². The average molecular weight is 316 g/mol. The van der Waals surface area contributed by atoms with Crippen molar-refractivity contribution in [1.82, 2.24) is 0 Å². The van der Waals surface area contributed by atoms with Crippen molar-refractivity contribution < 1.29 is 4.42 Å². The fraction of sp³-hybridized carbons (Fsp3) is 0.125. The molecule has 1 heterocycles. The van der Waals surface area contributed by atoms with E-state index in [0.717, 1.165) is 22.0 Å². The van der Waals surface area contributed by atoms with Crippen molar-refractivity contribution in [2.75, 3.05) is 0 Å². The second kappa shape index (κ2) is 5.19. The normalized spacial score (nSPS) is 12.7. The number of benzene rings is 2. The van der Waals surface area contributed by atoms with Gasteiger partial charge in [-0.3, -0.25) is 0 Å². The Bertz CT molecular complexity index is 691. The smallest absolute Gasteiger partial charge is 0.0935 e. The van der Waals surface area contributed by atoms with Crippen molar-refractivity contribution in [2.24, 2.45) is 5.73 Å². The molecule has 2 nitrogen and oxygen atoms in total. The Morgan fingerprint density at radius 2 is 1.84 bits per heavy atom. The van der Waals surface area contributed by atoms with Crippen LogP contribution in [0.1, 0.15) is 17.2 Å². The predicted molar refractivity (Wildman–Crippen MR) is 81.0 cm³/mol. The third-order valence-electron chi connectivity index (χ3n) is 3.29. The van der Waals surface area contributed by atoms with Gasteiger partial charge in [0.25, 0.3) is 0 Å². The summed E-state index contributed by atoms with van der Waals surface area (Å²) in [5.41, 5.74) is 8.53. The van der Waals surface area contributed by atoms with Crippen LogP contribution in [0.2, 0.25) is 0 Å². The molecule has 3 rings (SSSR count). The minimum atomic E-state index is -0.00866. The van der Waals surface area contributed by atoms with Crippen LogP contribution in [0, 0.1) is 0 Å². The number of rotatable bonds is 3. The quantitative estimate of drug-likeness (QED) is 0.776. The van der Waals surface area contributed by atoms with E-state index in [1.165, 1.54) is 10.8 Å². The molecule has 1 aromatic heterocycles. The van der Waals surface area contributed by atoms with Gasteiger partial charge >= 0.3 is 0 Å². The molecule has 3 aromatic rings. The van der Waals surface area contributed by atoms with E-state index in [1.54, 1.807) is 12.5 Å². The zero-order valence-electron chi connectivity index (χ0n) is 10.3. The Labute approximate surface area is 120 Å². The lowest BCUT2D eigenvalue weighted by atomic mass is 9.98. The van der Waals surface area contributed by atoms with Crippen LogP contribution in [0.5, 0.6) is 0 Å². The maximum atomic E-state index is 6.26. The summed E-state index contributed by atoms with van der Waals surface area (Å²) in [5.74, 6) is 0. The molecular formula is C16H14BrNO. The summed E-state index contributed by atoms with van der Waals surface area (Å²) in [5, 5.41) is 2.43. The van der Waals surface area contributed by atoms with E-state index < -0.39 is 0 Å². The molecule has 2 N–H and O–H groups in total. The van der Waals surface area contributed by atoms with Crippen molar-refractivity contribution in [3.63, 3.8) is 0 Å². The molecule has 0 aliphatic carbocycles. The number of hydrogen-bond acceptors (Lipinski definition) is 2. The Hall–Kier alpha value is -1.58. The lowest BCUT2D eigenvalue weighted by Crippen LogP contribution is -2.12. The summed E-state index contributed by atoms with van der Waals surface area (Å²) in [7, 11) is 0. The minimum Gasteiger partial charge on any atom is -0.472 e. The van der Waals surface area contributed by atoms with Gasteiger partial charge in [-0.15, -0.1) is 0 Å². The second-order valence-electron chi connectivity index (χ2n) is 4.69. The van der Waals surface area contributed by atoms with Gasteiger partial charge in [0.1, 0.15) is 0 Å². The number of hydrogen-bond donors (Lipinski definition) is 1. The summed E-state index contributed by atoms with van der Waals surface area (Å²) >= 11 is 3.48. The van der Waals surface area contributed by atoms with E-state index in [1.807, 2.05) is 12.1 Å². The van der Waals surface area contributed by atoms with Crippen LogP contribution >= 0.6 is 15.9 Å². The molecule has 96 valence electrons. The van der Waals surface area contributed by atoms with Crippen LogP contribution in [0.25, 0.3) is 10.8 Å². The standard InChI is InChI=1S/C16H14BrNO/c17-15-4-3-12-8-14(2-1-13(12)9-15)16(18)7-11-5-6-19-10-11/h1-6,8-10,16H,7,18H2. The maximum absolute atomic E-state index is 6.26. The van der Waals surface area contributed by atoms with Crippen molar-refractivity contribution in [3.8, 4) is 0 Å². The van der Waals surface area contributed by atoms with Crippen molar-refractivity contribution in [2.45, 2.75) is 12.5 Å². The Morgan fingerprint density at radius 1 is 1.05 bits per heavy atom. The summed E-state index contributed by atoms with van der Waals surface area (Å²) in [6.45, 7) is 0. The Balaban J connectivity index is 1.90. The van der Waals surface area contributed by atoms with Crippen LogP contribution in [0.15, 0.2) is 63.9 Å². The molecule has 2 aromatic carbocycles. The fourth-order valence-electron chi connectivity index (χ4n) is 2.25. The molecule has 1 atom stereocenters. The van der Waals surface area contributed by atoms with Gasteiger partial charge in [-0.25, -0.2) is 0 Å². The van der Waals surface area contributed by atoms with E-state index >= 15 is 0 Å². The molecular weight excluding hydrogens is 302 g/mol. The number of fused-ring (bicyclic) bond motifs is 1. The molecule has 0 saturated carbocycles. The Kier molecular flexibility index (Phi) is 3.40. The third-order valence-corrected chi connectivity index (χ3v) is 3.78. The van der Waals surface area contributed by atoms with Gasteiger partial charge in [0, 0.05) is 10.5 Å². The molecule has 1 unspecified atom stereocenters. The number of halogens is 1. The first-order valence-electron chi connectivity index (χ1n) is 6.18. The van der Waals surface area contributed by atoms with Gasteiger partial charge in [0.2, 0.25) is 0 Å². The van der Waals surface area contributed by atoms with Crippen LogP contribution < -0.4 is 5.73 Å². The van der Waals surface area contributed by atoms with Crippen LogP contribution in [-0.2, 0) is 6.42 Å². The predicted octanol–water partition coefficient (Wildman–Crippen LogP) is 4.44. The summed E-state index contributed by atoms with van der Waals surface area (Å²) in [6.07, 6.45) is 4.22. The maximum Gasteiger partial charge on any atom is 0.0935 e. The van der Waals surface area contributed by atoms with Gasteiger partial charge in [0.15, 0.2) is 0 Å². The highest BCUT2D eigenvalue weighted by atomic mass is 79.9. The topological polar surface area (TPSA) is 39.2 Å². The van der Waals surface area contributed by atoms with Gasteiger partial charge in [-0.05, 0) is 52.6 Å². The average Bonchev–Trinajstić information content (AvgIpc) is 2.91. The first-order valence-corrected chi connectivity index (χ1v) is 6.97. The molecule has 0 bridgehead atoms. The van der Waals surface area contributed by atoms with E-state index in [-0.39, 0.29) is 6.04 Å². The van der Waals surface area contributed by atoms with Crippen LogP contribution in [0.3, 0.4) is 0 Å². The third kappa shape index (κ3) is 2.72. The lowest BCUT2D eigenvalue weighted by molar-refractivity contribution is 0.561. The largest absolute Gasteiger partial charge is 0.472 e. The van der Waals surface area contributed by atoms with E-state index in [0.29, 0.717) is 0 Å². The fourth-order valence-corrected chi connectivity index (χ4v) is 2.63. The molecule has 0 fully saturated rings. The number of nitrogens with two attached hydrogens (primary N) is 1. The molecule has 0 amide bonds. The zero-order chi connectivity index (χ0) is 13.2. The highest BCUT2D eigenvalue weighted by Crippen LogP contribution is 2.24. The highest BCUT2D eigenvalue weighted by molar-refractivity contribution is 9.10. The van der Waals surface area contributed by atoms with Crippen molar-refractivity contribution >= 4 is 26.7 Å². The van der Waals surface area contributed by atoms with Gasteiger partial charge in [0.05, 0.1) is 12.5 Å². The first kappa shape index (κ1) is 12.5. The van der Waals surface area contributed by atoms with Crippen molar-refractivity contribution in [1.29, 1.82) is 0 Å². The van der Waals surface area contributed by atoms with Gasteiger partial charge < -0.3 is 10.2 Å². The van der Waals surface area contributed by atoms with E-state index in [9.17, 15) is 0 Å². The SMILES string of the molecule is NC(Cc1ccoc1)c1ccc2cc(Br)ccc2c1. The highest BCUT2D eigenvalue weighted by Gasteiger charge is 2.08. The molecule has 0 saturated heterocycles.